The molecule has 8 heavy (non-hydrogen) atoms. The van der Waals surface area contributed by atoms with E-state index in [0.29, 0.717) is 6.61 Å². The third-order valence-corrected chi connectivity index (χ3v) is 0.834. The number of rotatable bonds is 2. The third kappa shape index (κ3) is 1.07. The Balaban J connectivity index is 2.50. The van der Waals surface area contributed by atoms with Crippen LogP contribution in [0.15, 0.2) is 17.0 Å². The Bertz CT molecular complexity index is 136. The fraction of sp³-hybridized carbons (Fsp3) is 0.400. The van der Waals surface area contributed by atoms with Crippen LogP contribution in [0, 0.1) is 0 Å². The second-order valence-corrected chi connectivity index (χ2v) is 1.51. The maximum Gasteiger partial charge on any atom is 0.222 e. The number of H-pyrrole nitrogens is 1. The molecule has 0 aliphatic carbocycles. The maximum atomic E-state index is 4.81. The predicted octanol–water partition coefficient (Wildman–Crippen LogP) is 0.240. The molecular weight excluding hydrogens is 106 g/mol. The first-order valence-electron chi connectivity index (χ1n) is 2.36. The Morgan fingerprint density at radius 1 is 1.88 bits per heavy atom. The van der Waals surface area contributed by atoms with Crippen LogP contribution < -0.4 is 5.16 Å². The van der Waals surface area contributed by atoms with Gasteiger partial charge in [-0.1, -0.05) is 0 Å². The number of aromatic nitrogens is 1. The first kappa shape index (κ1) is 5.31. The number of hydrogen-bond donors (Lipinski definition) is 0. The molecule has 0 aromatic carbocycles. The zero-order valence-electron chi connectivity index (χ0n) is 4.68. The van der Waals surface area contributed by atoms with Gasteiger partial charge in [0.25, 0.3) is 0 Å². The van der Waals surface area contributed by atoms with Gasteiger partial charge in [-0.25, -0.2) is 4.52 Å². The lowest BCUT2D eigenvalue weighted by molar-refractivity contribution is -0.608. The van der Waals surface area contributed by atoms with Crippen LogP contribution in [0.3, 0.4) is 0 Å². The molecule has 0 radical (unpaired) electrons. The lowest BCUT2D eigenvalue weighted by Gasteiger charge is -1.84. The van der Waals surface area contributed by atoms with Gasteiger partial charge in [-0.2, -0.15) is 0 Å². The molecule has 1 rings (SSSR count). The molecule has 0 amide bonds. The van der Waals surface area contributed by atoms with Crippen LogP contribution in [-0.2, 0) is 11.3 Å². The molecule has 0 saturated carbocycles. The number of hydrogen-bond acceptors (Lipinski definition) is 2. The molecule has 3 heteroatoms. The van der Waals surface area contributed by atoms with E-state index in [-0.39, 0.29) is 0 Å². The molecule has 1 aromatic heterocycles. The van der Waals surface area contributed by atoms with E-state index in [9.17, 15) is 0 Å². The smallest absolute Gasteiger partial charge is 0.222 e. The van der Waals surface area contributed by atoms with Crippen LogP contribution in [0.5, 0.6) is 0 Å². The molecule has 0 spiro atoms. The van der Waals surface area contributed by atoms with Gasteiger partial charge in [-0.05, 0) is 5.16 Å². The molecule has 1 aromatic rings. The molecule has 44 valence electrons. The van der Waals surface area contributed by atoms with Gasteiger partial charge in [0, 0.05) is 7.11 Å². The minimum atomic E-state index is 0.604. The highest BCUT2D eigenvalue weighted by Gasteiger charge is 1.95. The zero-order chi connectivity index (χ0) is 5.82. The Labute approximate surface area is 47.2 Å². The molecular formula is C5H8NO2+. The van der Waals surface area contributed by atoms with Gasteiger partial charge in [0.05, 0.1) is 12.2 Å². The van der Waals surface area contributed by atoms with Crippen LogP contribution in [0.25, 0.3) is 0 Å². The van der Waals surface area contributed by atoms with Gasteiger partial charge in [0.2, 0.25) is 6.20 Å². The molecule has 0 fully saturated rings. The monoisotopic (exact) mass is 114 g/mol. The summed E-state index contributed by atoms with van der Waals surface area (Å²) in [5.74, 6) is 0. The summed E-state index contributed by atoms with van der Waals surface area (Å²) in [6, 6.07) is 0. The Morgan fingerprint density at radius 3 is 3.25 bits per heavy atom. The number of nitrogens with one attached hydrogen (secondary N) is 1. The first-order chi connectivity index (χ1) is 3.93. The van der Waals surface area contributed by atoms with Gasteiger partial charge in [0.1, 0.15) is 0 Å². The van der Waals surface area contributed by atoms with E-state index in [1.807, 2.05) is 0 Å². The molecule has 0 atom stereocenters. The molecule has 1 N–H and O–H groups in total. The third-order valence-electron chi connectivity index (χ3n) is 0.834. The fourth-order valence-corrected chi connectivity index (χ4v) is 0.496. The minimum absolute atomic E-state index is 0.604. The van der Waals surface area contributed by atoms with Crippen molar-refractivity contribution in [3.8, 4) is 0 Å². The number of ether oxygens (including phenoxy) is 1. The second-order valence-electron chi connectivity index (χ2n) is 1.51. The van der Waals surface area contributed by atoms with Crippen LogP contribution in [0.4, 0.5) is 0 Å². The average Bonchev–Trinajstić information content (AvgIpc) is 2.19. The van der Waals surface area contributed by atoms with Crippen molar-refractivity contribution in [2.45, 2.75) is 6.61 Å². The summed E-state index contributed by atoms with van der Waals surface area (Å²) >= 11 is 0. The van der Waals surface area contributed by atoms with Crippen LogP contribution in [0.1, 0.15) is 5.56 Å². The summed E-state index contributed by atoms with van der Waals surface area (Å²) in [5, 5.41) is 2.56. The van der Waals surface area contributed by atoms with Gasteiger partial charge in [0.15, 0.2) is 6.26 Å². The zero-order valence-corrected chi connectivity index (χ0v) is 4.68. The molecule has 0 aliphatic heterocycles. The minimum Gasteiger partial charge on any atom is -0.380 e. The molecule has 3 nitrogen and oxygen atoms in total. The van der Waals surface area contributed by atoms with Gasteiger partial charge < -0.3 is 4.74 Å². The van der Waals surface area contributed by atoms with Crippen LogP contribution in [-0.4, -0.2) is 7.11 Å². The number of methoxy groups -OCH3 is 1. The SMILES string of the molecule is COCc1c[nH+]oc1. The molecule has 0 aliphatic rings. The van der Waals surface area contributed by atoms with E-state index in [0.717, 1.165) is 5.56 Å². The summed E-state index contributed by atoms with van der Waals surface area (Å²) in [5.41, 5.74) is 1.02. The number of aromatic amines is 1. The quantitative estimate of drug-likeness (QED) is 0.552. The van der Waals surface area contributed by atoms with Crippen molar-refractivity contribution in [1.82, 2.24) is 0 Å². The largest absolute Gasteiger partial charge is 0.380 e. The summed E-state index contributed by atoms with van der Waals surface area (Å²) in [6.45, 7) is 0.604. The molecule has 0 bridgehead atoms. The highest BCUT2D eigenvalue weighted by atomic mass is 16.5. The summed E-state index contributed by atoms with van der Waals surface area (Å²) in [4.78, 5) is 0. The Kier molecular flexibility index (Phi) is 1.64. The topological polar surface area (TPSA) is 36.5 Å². The van der Waals surface area contributed by atoms with Crippen molar-refractivity contribution in [2.24, 2.45) is 0 Å². The van der Waals surface area contributed by atoms with E-state index in [2.05, 4.69) is 9.68 Å². The lowest BCUT2D eigenvalue weighted by atomic mass is 10.4. The van der Waals surface area contributed by atoms with E-state index < -0.39 is 0 Å². The second kappa shape index (κ2) is 2.47. The van der Waals surface area contributed by atoms with Crippen LogP contribution in [0.2, 0.25) is 0 Å². The predicted molar refractivity (Wildman–Crippen MR) is 26.0 cm³/mol. The van der Waals surface area contributed by atoms with E-state index in [4.69, 9.17) is 4.74 Å². The van der Waals surface area contributed by atoms with Gasteiger partial charge in [-0.3, -0.25) is 0 Å². The van der Waals surface area contributed by atoms with Crippen molar-refractivity contribution in [1.29, 1.82) is 0 Å². The highest BCUT2D eigenvalue weighted by Crippen LogP contribution is 1.92. The van der Waals surface area contributed by atoms with E-state index in [1.165, 1.54) is 0 Å². The average molecular weight is 114 g/mol. The standard InChI is InChI=1S/C5H7NO2/c1-7-3-5-2-6-8-4-5/h2,4H,3H2,1H3/p+1. The molecule has 0 saturated heterocycles. The summed E-state index contributed by atoms with van der Waals surface area (Å²) in [6.07, 6.45) is 3.37. The van der Waals surface area contributed by atoms with E-state index in [1.54, 1.807) is 19.6 Å². The van der Waals surface area contributed by atoms with Gasteiger partial charge >= 0.3 is 0 Å². The van der Waals surface area contributed by atoms with E-state index >= 15 is 0 Å². The molecule has 0 unspecified atom stereocenters. The fourth-order valence-electron chi connectivity index (χ4n) is 0.496. The van der Waals surface area contributed by atoms with Gasteiger partial charge in [-0.15, -0.1) is 0 Å². The summed E-state index contributed by atoms with van der Waals surface area (Å²) in [7, 11) is 1.65. The van der Waals surface area contributed by atoms with Crippen molar-refractivity contribution < 1.29 is 14.4 Å². The van der Waals surface area contributed by atoms with Crippen molar-refractivity contribution in [3.63, 3.8) is 0 Å². The van der Waals surface area contributed by atoms with Crippen molar-refractivity contribution in [2.75, 3.05) is 7.11 Å². The normalized spacial score (nSPS) is 9.62. The van der Waals surface area contributed by atoms with Crippen molar-refractivity contribution >= 4 is 0 Å². The highest BCUT2D eigenvalue weighted by molar-refractivity contribution is 4.93. The summed E-state index contributed by atoms with van der Waals surface area (Å²) < 4.78 is 9.47. The Hall–Kier alpha value is -0.830. The lowest BCUT2D eigenvalue weighted by Crippen LogP contribution is -1.90. The molecule has 1 heterocycles. The Morgan fingerprint density at radius 2 is 2.75 bits per heavy atom. The van der Waals surface area contributed by atoms with Crippen LogP contribution >= 0.6 is 0 Å². The maximum absolute atomic E-state index is 4.81. The first-order valence-corrected chi connectivity index (χ1v) is 2.36. The van der Waals surface area contributed by atoms with Crippen molar-refractivity contribution in [3.05, 3.63) is 18.0 Å².